The van der Waals surface area contributed by atoms with Gasteiger partial charge in [-0.1, -0.05) is 29.5 Å². The van der Waals surface area contributed by atoms with E-state index in [4.69, 9.17) is 0 Å². The predicted molar refractivity (Wildman–Crippen MR) is 97.2 cm³/mol. The summed E-state index contributed by atoms with van der Waals surface area (Å²) in [7, 11) is 0. The standard InChI is InChI=1S/C16H12N6O2S2/c23-22(24)14-13(18-16-20(14)8-9-25-16)26-15-17-12(10-6-7-10)21(19-15)11-4-2-1-3-5-11/h1-5,8-10H,6-7H2. The molecule has 26 heavy (non-hydrogen) atoms. The summed E-state index contributed by atoms with van der Waals surface area (Å²) in [6, 6.07) is 9.81. The van der Waals surface area contributed by atoms with Crippen molar-refractivity contribution in [3.05, 3.63) is 57.8 Å². The fourth-order valence-corrected chi connectivity index (χ4v) is 4.39. The second-order valence-corrected chi connectivity index (χ2v) is 7.76. The lowest BCUT2D eigenvalue weighted by Gasteiger charge is -2.03. The second kappa shape index (κ2) is 5.92. The van der Waals surface area contributed by atoms with Gasteiger partial charge in [-0.15, -0.1) is 5.10 Å². The van der Waals surface area contributed by atoms with Crippen molar-refractivity contribution in [2.24, 2.45) is 0 Å². The van der Waals surface area contributed by atoms with Gasteiger partial charge in [0.05, 0.1) is 5.69 Å². The number of imidazole rings is 1. The van der Waals surface area contributed by atoms with Crippen LogP contribution < -0.4 is 0 Å². The van der Waals surface area contributed by atoms with Crippen LogP contribution in [0.3, 0.4) is 0 Å². The van der Waals surface area contributed by atoms with Gasteiger partial charge < -0.3 is 10.1 Å². The fourth-order valence-electron chi connectivity index (χ4n) is 2.79. The lowest BCUT2D eigenvalue weighted by molar-refractivity contribution is -0.393. The molecule has 1 aliphatic carbocycles. The van der Waals surface area contributed by atoms with Crippen LogP contribution in [0.5, 0.6) is 0 Å². The highest BCUT2D eigenvalue weighted by molar-refractivity contribution is 7.99. The highest BCUT2D eigenvalue weighted by atomic mass is 32.2. The minimum absolute atomic E-state index is 0.0460. The van der Waals surface area contributed by atoms with E-state index < -0.39 is 4.92 Å². The Morgan fingerprint density at radius 1 is 1.23 bits per heavy atom. The number of thiazole rings is 1. The molecule has 0 aliphatic heterocycles. The topological polar surface area (TPSA) is 91.1 Å². The molecule has 0 amide bonds. The maximum Gasteiger partial charge on any atom is 0.363 e. The monoisotopic (exact) mass is 384 g/mol. The number of nitrogens with zero attached hydrogens (tertiary/aromatic N) is 6. The van der Waals surface area contributed by atoms with E-state index in [2.05, 4.69) is 15.1 Å². The summed E-state index contributed by atoms with van der Waals surface area (Å²) >= 11 is 2.50. The molecule has 1 fully saturated rings. The van der Waals surface area contributed by atoms with Gasteiger partial charge in [-0.25, -0.2) is 9.67 Å². The molecule has 10 heteroatoms. The molecule has 0 unspecified atom stereocenters. The highest BCUT2D eigenvalue weighted by Crippen LogP contribution is 2.41. The first-order valence-electron chi connectivity index (χ1n) is 8.01. The summed E-state index contributed by atoms with van der Waals surface area (Å²) in [5.74, 6) is 1.26. The lowest BCUT2D eigenvalue weighted by atomic mass is 10.3. The first kappa shape index (κ1) is 15.5. The van der Waals surface area contributed by atoms with E-state index in [9.17, 15) is 10.1 Å². The van der Waals surface area contributed by atoms with E-state index in [1.807, 2.05) is 35.0 Å². The normalized spacial score (nSPS) is 14.2. The Labute approximate surface area is 155 Å². The van der Waals surface area contributed by atoms with Crippen LogP contribution in [0, 0.1) is 10.1 Å². The molecule has 0 saturated heterocycles. The van der Waals surface area contributed by atoms with Crippen LogP contribution in [0.15, 0.2) is 52.1 Å². The Bertz CT molecular complexity index is 1110. The van der Waals surface area contributed by atoms with Gasteiger partial charge >= 0.3 is 5.82 Å². The molecule has 1 aromatic carbocycles. The minimum Gasteiger partial charge on any atom is -0.358 e. The molecule has 3 aromatic heterocycles. The fraction of sp³-hybridized carbons (Fsp3) is 0.188. The Balaban J connectivity index is 1.57. The summed E-state index contributed by atoms with van der Waals surface area (Å²) < 4.78 is 3.33. The number of nitro groups is 1. The number of aromatic nitrogens is 5. The molecule has 0 atom stereocenters. The van der Waals surface area contributed by atoms with Gasteiger partial charge in [0.2, 0.25) is 10.2 Å². The van der Waals surface area contributed by atoms with Crippen LogP contribution in [-0.4, -0.2) is 29.1 Å². The van der Waals surface area contributed by atoms with E-state index in [1.54, 1.807) is 11.6 Å². The molecule has 0 N–H and O–H groups in total. The third kappa shape index (κ3) is 2.58. The third-order valence-electron chi connectivity index (χ3n) is 4.12. The number of hydrogen-bond acceptors (Lipinski definition) is 7. The van der Waals surface area contributed by atoms with Crippen molar-refractivity contribution in [3.8, 4) is 5.69 Å². The van der Waals surface area contributed by atoms with Crippen molar-refractivity contribution in [3.63, 3.8) is 0 Å². The number of rotatable bonds is 5. The minimum atomic E-state index is -0.412. The molecule has 1 aliphatic rings. The zero-order valence-electron chi connectivity index (χ0n) is 13.3. The molecule has 0 spiro atoms. The van der Waals surface area contributed by atoms with Gasteiger partial charge in [0.1, 0.15) is 12.0 Å². The zero-order chi connectivity index (χ0) is 17.7. The van der Waals surface area contributed by atoms with Gasteiger partial charge in [0.25, 0.3) is 4.96 Å². The lowest BCUT2D eigenvalue weighted by Crippen LogP contribution is -2.01. The molecule has 5 rings (SSSR count). The largest absolute Gasteiger partial charge is 0.363 e. The van der Waals surface area contributed by atoms with E-state index in [-0.39, 0.29) is 5.82 Å². The number of hydrogen-bond donors (Lipinski definition) is 0. The summed E-state index contributed by atoms with van der Waals surface area (Å²) in [5.41, 5.74) is 0.939. The highest BCUT2D eigenvalue weighted by Gasteiger charge is 2.32. The molecule has 8 nitrogen and oxygen atoms in total. The molecule has 4 aromatic rings. The maximum absolute atomic E-state index is 11.5. The molecular weight excluding hydrogens is 372 g/mol. The molecule has 0 bridgehead atoms. The number of para-hydroxylation sites is 1. The first-order valence-corrected chi connectivity index (χ1v) is 9.70. The van der Waals surface area contributed by atoms with Crippen molar-refractivity contribution >= 4 is 33.9 Å². The molecule has 0 radical (unpaired) electrons. The molecule has 3 heterocycles. The van der Waals surface area contributed by atoms with Crippen LogP contribution in [0.4, 0.5) is 5.82 Å². The van der Waals surface area contributed by atoms with E-state index in [0.29, 0.717) is 21.1 Å². The maximum atomic E-state index is 11.5. The predicted octanol–water partition coefficient (Wildman–Crippen LogP) is 3.91. The van der Waals surface area contributed by atoms with Crippen LogP contribution in [-0.2, 0) is 0 Å². The van der Waals surface area contributed by atoms with Crippen LogP contribution >= 0.6 is 23.1 Å². The van der Waals surface area contributed by atoms with Crippen molar-refractivity contribution in [2.75, 3.05) is 0 Å². The van der Waals surface area contributed by atoms with Crippen molar-refractivity contribution < 1.29 is 4.92 Å². The van der Waals surface area contributed by atoms with E-state index in [0.717, 1.165) is 36.1 Å². The average Bonchev–Trinajstić information content (AvgIpc) is 3.08. The Kier molecular flexibility index (Phi) is 3.54. The van der Waals surface area contributed by atoms with Crippen molar-refractivity contribution in [1.29, 1.82) is 0 Å². The summed E-state index contributed by atoms with van der Waals surface area (Å²) in [6.07, 6.45) is 3.84. The van der Waals surface area contributed by atoms with Gasteiger partial charge in [0, 0.05) is 11.3 Å². The Morgan fingerprint density at radius 3 is 2.77 bits per heavy atom. The summed E-state index contributed by atoms with van der Waals surface area (Å²) in [5, 5.41) is 18.6. The quantitative estimate of drug-likeness (QED) is 0.383. The van der Waals surface area contributed by atoms with Gasteiger partial charge in [-0.05, 0) is 41.7 Å². The smallest absolute Gasteiger partial charge is 0.358 e. The number of benzene rings is 1. The van der Waals surface area contributed by atoms with E-state index >= 15 is 0 Å². The molecular formula is C16H12N6O2S2. The van der Waals surface area contributed by atoms with E-state index in [1.165, 1.54) is 15.7 Å². The Hall–Kier alpha value is -2.72. The van der Waals surface area contributed by atoms with Crippen molar-refractivity contribution in [1.82, 2.24) is 24.1 Å². The van der Waals surface area contributed by atoms with Crippen LogP contribution in [0.2, 0.25) is 0 Å². The number of fused-ring (bicyclic) bond motifs is 1. The van der Waals surface area contributed by atoms with Gasteiger partial charge in [-0.3, -0.25) is 0 Å². The summed E-state index contributed by atoms with van der Waals surface area (Å²) in [4.78, 5) is 20.7. The third-order valence-corrected chi connectivity index (χ3v) is 5.70. The van der Waals surface area contributed by atoms with Crippen LogP contribution in [0.1, 0.15) is 24.6 Å². The molecule has 130 valence electrons. The van der Waals surface area contributed by atoms with Crippen LogP contribution in [0.25, 0.3) is 10.6 Å². The second-order valence-electron chi connectivity index (χ2n) is 5.93. The Morgan fingerprint density at radius 2 is 2.04 bits per heavy atom. The first-order chi connectivity index (χ1) is 12.7. The average molecular weight is 384 g/mol. The SMILES string of the molecule is O=[N+]([O-])c1c(Sc2nc(C3CC3)n(-c3ccccc3)n2)nc2sccn12. The van der Waals surface area contributed by atoms with Crippen molar-refractivity contribution in [2.45, 2.75) is 28.9 Å². The van der Waals surface area contributed by atoms with Gasteiger partial charge in [0.15, 0.2) is 0 Å². The molecule has 1 saturated carbocycles. The zero-order valence-corrected chi connectivity index (χ0v) is 15.0. The van der Waals surface area contributed by atoms with Gasteiger partial charge in [-0.2, -0.15) is 9.38 Å². The summed E-state index contributed by atoms with van der Waals surface area (Å²) in [6.45, 7) is 0.